The number of hydrogen-bond acceptors (Lipinski definition) is 5. The van der Waals surface area contributed by atoms with Gasteiger partial charge in [0.1, 0.15) is 0 Å². The molecule has 0 atom stereocenters. The first-order valence-electron chi connectivity index (χ1n) is 4.61. The summed E-state index contributed by atoms with van der Waals surface area (Å²) in [7, 11) is 0. The van der Waals surface area contributed by atoms with Crippen molar-refractivity contribution >= 4 is 23.4 Å². The van der Waals surface area contributed by atoms with Crippen LogP contribution in [-0.2, 0) is 6.67 Å². The van der Waals surface area contributed by atoms with Crippen LogP contribution < -0.4 is 0 Å². The number of hydrogen-bond donors (Lipinski definition) is 1. The molecule has 94 valence electrons. The monoisotopic (exact) mass is 271 g/mol. The Bertz CT molecular complexity index is 619. The van der Waals surface area contributed by atoms with Gasteiger partial charge < -0.3 is 15.2 Å². The molecule has 1 N–H and O–H groups in total. The third kappa shape index (κ3) is 2.30. The molecule has 2 aromatic heterocycles. The summed E-state index contributed by atoms with van der Waals surface area (Å²) in [5.41, 5.74) is -0.122. The minimum absolute atomic E-state index is 0.0286. The number of carbonyl (C=O) groups is 1. The van der Waals surface area contributed by atoms with E-state index in [0.717, 1.165) is 0 Å². The van der Waals surface area contributed by atoms with Crippen molar-refractivity contribution in [3.05, 3.63) is 39.3 Å². The van der Waals surface area contributed by atoms with Gasteiger partial charge in [0, 0.05) is 6.20 Å². The zero-order valence-corrected chi connectivity index (χ0v) is 9.48. The van der Waals surface area contributed by atoms with Crippen molar-refractivity contribution in [2.75, 3.05) is 0 Å². The van der Waals surface area contributed by atoms with Crippen LogP contribution in [0.25, 0.3) is 0 Å². The fourth-order valence-electron chi connectivity index (χ4n) is 1.29. The zero-order valence-electron chi connectivity index (χ0n) is 8.73. The van der Waals surface area contributed by atoms with Crippen molar-refractivity contribution in [2.24, 2.45) is 0 Å². The normalized spacial score (nSPS) is 10.5. The standard InChI is InChI=1S/C8H6ClN5O4/c9-5-3-13(11-7(5)14(17)18)4-12-2-1-6(10-12)8(15)16/h1-3H,4H2,(H,15,16). The number of aromatic nitrogens is 4. The number of rotatable bonds is 4. The van der Waals surface area contributed by atoms with Gasteiger partial charge in [0.25, 0.3) is 0 Å². The van der Waals surface area contributed by atoms with E-state index in [2.05, 4.69) is 10.2 Å². The summed E-state index contributed by atoms with van der Waals surface area (Å²) in [6.07, 6.45) is 2.69. The smallest absolute Gasteiger partial charge is 0.408 e. The highest BCUT2D eigenvalue weighted by Crippen LogP contribution is 2.21. The second-order valence-corrected chi connectivity index (χ2v) is 3.69. The van der Waals surface area contributed by atoms with Crippen LogP contribution in [0, 0.1) is 10.1 Å². The van der Waals surface area contributed by atoms with E-state index >= 15 is 0 Å². The zero-order chi connectivity index (χ0) is 13.3. The van der Waals surface area contributed by atoms with Crippen LogP contribution >= 0.6 is 11.6 Å². The average molecular weight is 272 g/mol. The third-order valence-electron chi connectivity index (χ3n) is 2.02. The molecule has 9 nitrogen and oxygen atoms in total. The Labute approximate surface area is 104 Å². The van der Waals surface area contributed by atoms with Crippen molar-refractivity contribution in [3.63, 3.8) is 0 Å². The molecule has 0 saturated carbocycles. The van der Waals surface area contributed by atoms with Gasteiger partial charge in [-0.25, -0.2) is 9.48 Å². The highest BCUT2D eigenvalue weighted by Gasteiger charge is 2.19. The first kappa shape index (κ1) is 12.0. The third-order valence-corrected chi connectivity index (χ3v) is 2.29. The van der Waals surface area contributed by atoms with Gasteiger partial charge in [0.15, 0.2) is 17.4 Å². The molecule has 10 heteroatoms. The van der Waals surface area contributed by atoms with Crippen molar-refractivity contribution < 1.29 is 14.8 Å². The predicted molar refractivity (Wildman–Crippen MR) is 58.5 cm³/mol. The second-order valence-electron chi connectivity index (χ2n) is 3.28. The van der Waals surface area contributed by atoms with Gasteiger partial charge >= 0.3 is 11.8 Å². The summed E-state index contributed by atoms with van der Waals surface area (Å²) in [5, 5.41) is 26.5. The van der Waals surface area contributed by atoms with E-state index in [0.29, 0.717) is 0 Å². The Hall–Kier alpha value is -2.42. The van der Waals surface area contributed by atoms with Gasteiger partial charge in [-0.2, -0.15) is 9.78 Å². The molecule has 0 aliphatic carbocycles. The van der Waals surface area contributed by atoms with Crippen molar-refractivity contribution in [2.45, 2.75) is 6.67 Å². The molecule has 0 unspecified atom stereocenters. The van der Waals surface area contributed by atoms with Gasteiger partial charge in [-0.1, -0.05) is 11.6 Å². The first-order valence-corrected chi connectivity index (χ1v) is 4.99. The largest absolute Gasteiger partial charge is 0.476 e. The molecule has 0 fully saturated rings. The Balaban J connectivity index is 2.20. The van der Waals surface area contributed by atoms with E-state index in [1.54, 1.807) is 0 Å². The van der Waals surface area contributed by atoms with Crippen LogP contribution in [0.2, 0.25) is 5.02 Å². The van der Waals surface area contributed by atoms with Gasteiger partial charge in [0.2, 0.25) is 0 Å². The molecule has 0 radical (unpaired) electrons. The minimum atomic E-state index is -1.15. The van der Waals surface area contributed by atoms with Crippen LogP contribution in [0.5, 0.6) is 0 Å². The lowest BCUT2D eigenvalue weighted by Crippen LogP contribution is -2.10. The number of carboxylic acid groups (broad SMARTS) is 1. The van der Waals surface area contributed by atoms with Crippen molar-refractivity contribution in [1.29, 1.82) is 0 Å². The van der Waals surface area contributed by atoms with Crippen LogP contribution in [-0.4, -0.2) is 35.6 Å². The summed E-state index contributed by atoms with van der Waals surface area (Å²) in [6.45, 7) is 0.0286. The minimum Gasteiger partial charge on any atom is -0.476 e. The number of carboxylic acids is 1. The topological polar surface area (TPSA) is 116 Å². The molecule has 0 spiro atoms. The van der Waals surface area contributed by atoms with Gasteiger partial charge in [-0.3, -0.25) is 0 Å². The van der Waals surface area contributed by atoms with Gasteiger partial charge in [0.05, 0.1) is 11.3 Å². The molecule has 0 aromatic carbocycles. The van der Waals surface area contributed by atoms with Crippen molar-refractivity contribution in [3.8, 4) is 0 Å². The fourth-order valence-corrected chi connectivity index (χ4v) is 1.51. The van der Waals surface area contributed by atoms with E-state index in [-0.39, 0.29) is 17.4 Å². The summed E-state index contributed by atoms with van der Waals surface area (Å²) < 4.78 is 2.47. The highest BCUT2D eigenvalue weighted by atomic mass is 35.5. The van der Waals surface area contributed by atoms with E-state index in [1.807, 2.05) is 0 Å². The Morgan fingerprint density at radius 3 is 2.72 bits per heavy atom. The second kappa shape index (κ2) is 4.45. The molecule has 2 aromatic rings. The lowest BCUT2D eigenvalue weighted by Gasteiger charge is -1.96. The lowest BCUT2D eigenvalue weighted by atomic mass is 10.5. The first-order chi connectivity index (χ1) is 8.47. The molecule has 0 amide bonds. The molecule has 18 heavy (non-hydrogen) atoms. The van der Waals surface area contributed by atoms with E-state index in [1.165, 1.54) is 27.8 Å². The number of aromatic carboxylic acids is 1. The molecule has 0 saturated heterocycles. The highest BCUT2D eigenvalue weighted by molar-refractivity contribution is 6.32. The molecule has 2 heterocycles. The predicted octanol–water partition coefficient (Wildman–Crippen LogP) is 0.845. The summed E-state index contributed by atoms with van der Waals surface area (Å²) in [6, 6.07) is 1.31. The number of nitro groups is 1. The SMILES string of the molecule is O=C(O)c1ccn(Cn2cc(Cl)c([N+](=O)[O-])n2)n1. The molecular weight excluding hydrogens is 266 g/mol. The quantitative estimate of drug-likeness (QED) is 0.651. The molecule has 2 rings (SSSR count). The molecule has 0 bridgehead atoms. The van der Waals surface area contributed by atoms with E-state index < -0.39 is 16.7 Å². The van der Waals surface area contributed by atoms with Crippen LogP contribution in [0.15, 0.2) is 18.5 Å². The maximum atomic E-state index is 10.6. The van der Waals surface area contributed by atoms with E-state index in [9.17, 15) is 14.9 Å². The average Bonchev–Trinajstić information content (AvgIpc) is 2.86. The Morgan fingerprint density at radius 2 is 2.22 bits per heavy atom. The number of nitrogens with zero attached hydrogens (tertiary/aromatic N) is 5. The van der Waals surface area contributed by atoms with Gasteiger partial charge in [-0.05, 0) is 11.0 Å². The van der Waals surface area contributed by atoms with Crippen LogP contribution in [0.3, 0.4) is 0 Å². The van der Waals surface area contributed by atoms with Gasteiger partial charge in [-0.15, -0.1) is 0 Å². The summed E-state index contributed by atoms with van der Waals surface area (Å²) in [5.74, 6) is -1.61. The van der Waals surface area contributed by atoms with Crippen molar-refractivity contribution in [1.82, 2.24) is 19.6 Å². The van der Waals surface area contributed by atoms with Crippen LogP contribution in [0.4, 0.5) is 5.82 Å². The van der Waals surface area contributed by atoms with Crippen LogP contribution in [0.1, 0.15) is 10.5 Å². The molecule has 0 aliphatic heterocycles. The summed E-state index contributed by atoms with van der Waals surface area (Å²) in [4.78, 5) is 20.4. The summed E-state index contributed by atoms with van der Waals surface area (Å²) >= 11 is 5.61. The fraction of sp³-hybridized carbons (Fsp3) is 0.125. The Morgan fingerprint density at radius 1 is 1.50 bits per heavy atom. The Kier molecular flexibility index (Phi) is 2.98. The van der Waals surface area contributed by atoms with E-state index in [4.69, 9.17) is 16.7 Å². The maximum absolute atomic E-state index is 10.6. The number of halogens is 1. The maximum Gasteiger partial charge on any atom is 0.408 e. The molecular formula is C8H6ClN5O4. The molecule has 0 aliphatic rings. The lowest BCUT2D eigenvalue weighted by molar-refractivity contribution is -0.389.